The number of amides is 1. The Hall–Kier alpha value is -4.32. The molecule has 0 atom stereocenters. The number of carbonyl (C=O) groups excluding carboxylic acids is 1. The number of H-pyrrole nitrogens is 1. The minimum Gasteiger partial charge on any atom is -0.478 e. The van der Waals surface area contributed by atoms with Gasteiger partial charge >= 0.3 is 12.1 Å². The molecule has 1 aliphatic rings. The number of aromatic nitrogens is 1. The van der Waals surface area contributed by atoms with Crippen LogP contribution in [0.1, 0.15) is 39.4 Å². The van der Waals surface area contributed by atoms with Gasteiger partial charge in [-0.2, -0.15) is 0 Å². The summed E-state index contributed by atoms with van der Waals surface area (Å²) in [6.45, 7) is 0.734. The molecule has 4 aromatic rings. The molecular formula is C28H24N2O4. The number of rotatable bonds is 7. The molecule has 1 amide bonds. The van der Waals surface area contributed by atoms with Crippen molar-refractivity contribution in [3.63, 3.8) is 0 Å². The third-order valence-electron chi connectivity index (χ3n) is 6.17. The first-order chi connectivity index (χ1) is 16.6. The number of hydrogen-bond acceptors (Lipinski definition) is 3. The van der Waals surface area contributed by atoms with Crippen LogP contribution < -0.4 is 5.32 Å². The second kappa shape index (κ2) is 9.27. The van der Waals surface area contributed by atoms with Crippen LogP contribution in [-0.4, -0.2) is 35.3 Å². The number of aromatic amines is 1. The van der Waals surface area contributed by atoms with Gasteiger partial charge in [-0.1, -0.05) is 66.7 Å². The molecule has 170 valence electrons. The van der Waals surface area contributed by atoms with E-state index in [9.17, 15) is 14.7 Å². The fraction of sp³-hybridized carbons (Fsp3) is 0.143. The summed E-state index contributed by atoms with van der Waals surface area (Å²) in [5.74, 6) is -0.920. The molecule has 34 heavy (non-hydrogen) atoms. The predicted molar refractivity (Wildman–Crippen MR) is 132 cm³/mol. The van der Waals surface area contributed by atoms with Crippen LogP contribution in [0.5, 0.6) is 0 Å². The first-order valence-electron chi connectivity index (χ1n) is 11.2. The van der Waals surface area contributed by atoms with Gasteiger partial charge in [0.25, 0.3) is 0 Å². The monoisotopic (exact) mass is 452 g/mol. The highest BCUT2D eigenvalue weighted by atomic mass is 16.5. The van der Waals surface area contributed by atoms with Gasteiger partial charge in [-0.3, -0.25) is 0 Å². The molecule has 0 saturated carbocycles. The van der Waals surface area contributed by atoms with Gasteiger partial charge in [-0.15, -0.1) is 0 Å². The van der Waals surface area contributed by atoms with Crippen molar-refractivity contribution >= 4 is 29.0 Å². The SMILES string of the molecule is O=C(NCCC=Cc1ccc2[nH]cc(C(=O)O)c2c1)OCC1c2ccccc2-c2ccccc21. The number of nitrogens with one attached hydrogen (secondary N) is 2. The molecule has 3 aromatic carbocycles. The number of carboxylic acids is 1. The summed E-state index contributed by atoms with van der Waals surface area (Å²) in [5.41, 5.74) is 6.70. The Kier molecular flexibility index (Phi) is 5.87. The van der Waals surface area contributed by atoms with Crippen molar-refractivity contribution in [1.29, 1.82) is 0 Å². The topological polar surface area (TPSA) is 91.4 Å². The third kappa shape index (κ3) is 4.18. The third-order valence-corrected chi connectivity index (χ3v) is 6.17. The van der Waals surface area contributed by atoms with Gasteiger partial charge < -0.3 is 20.1 Å². The van der Waals surface area contributed by atoms with Gasteiger partial charge in [0.05, 0.1) is 5.56 Å². The summed E-state index contributed by atoms with van der Waals surface area (Å²) in [4.78, 5) is 26.5. The summed E-state index contributed by atoms with van der Waals surface area (Å²) in [5, 5.41) is 12.7. The maximum absolute atomic E-state index is 12.3. The lowest BCUT2D eigenvalue weighted by atomic mass is 9.98. The highest BCUT2D eigenvalue weighted by Gasteiger charge is 2.28. The first kappa shape index (κ1) is 21.5. The zero-order valence-electron chi connectivity index (χ0n) is 18.5. The Labute approximate surface area is 196 Å². The summed E-state index contributed by atoms with van der Waals surface area (Å²) < 4.78 is 5.55. The van der Waals surface area contributed by atoms with E-state index >= 15 is 0 Å². The molecule has 1 aliphatic carbocycles. The maximum Gasteiger partial charge on any atom is 0.407 e. The smallest absolute Gasteiger partial charge is 0.407 e. The van der Waals surface area contributed by atoms with Gasteiger partial charge in [0.15, 0.2) is 0 Å². The lowest BCUT2D eigenvalue weighted by Gasteiger charge is -2.14. The second-order valence-corrected chi connectivity index (χ2v) is 8.26. The van der Waals surface area contributed by atoms with E-state index < -0.39 is 12.1 Å². The van der Waals surface area contributed by atoms with Crippen LogP contribution in [0.2, 0.25) is 0 Å². The second-order valence-electron chi connectivity index (χ2n) is 8.26. The molecule has 0 saturated heterocycles. The molecular weight excluding hydrogens is 428 g/mol. The summed E-state index contributed by atoms with van der Waals surface area (Å²) in [6, 6.07) is 22.1. The van der Waals surface area contributed by atoms with E-state index in [0.717, 1.165) is 11.1 Å². The molecule has 3 N–H and O–H groups in total. The highest BCUT2D eigenvalue weighted by Crippen LogP contribution is 2.44. The molecule has 0 unspecified atom stereocenters. The molecule has 1 heterocycles. The molecule has 0 spiro atoms. The number of benzene rings is 3. The Morgan fingerprint density at radius 3 is 2.41 bits per heavy atom. The van der Waals surface area contributed by atoms with E-state index in [0.29, 0.717) is 18.4 Å². The molecule has 6 nitrogen and oxygen atoms in total. The minimum atomic E-state index is -0.959. The zero-order chi connectivity index (χ0) is 23.5. The number of aromatic carboxylic acids is 1. The fourth-order valence-electron chi connectivity index (χ4n) is 4.55. The van der Waals surface area contributed by atoms with Gasteiger partial charge in [0.1, 0.15) is 6.61 Å². The molecule has 0 aliphatic heterocycles. The normalized spacial score (nSPS) is 12.6. The highest BCUT2D eigenvalue weighted by molar-refractivity contribution is 6.03. The standard InChI is InChI=1S/C28H24N2O4/c31-27(32)24-16-30-26-13-12-18(15-23(24)26)7-5-6-14-29-28(33)34-17-25-21-10-3-1-8-19(21)20-9-2-4-11-22(20)25/h1-5,7-13,15-16,25,30H,6,14,17H2,(H,29,33)(H,31,32). The minimum absolute atomic E-state index is 0.0390. The summed E-state index contributed by atoms with van der Waals surface area (Å²) >= 11 is 0. The van der Waals surface area contributed by atoms with E-state index in [4.69, 9.17) is 4.74 Å². The predicted octanol–water partition coefficient (Wildman–Crippen LogP) is 5.81. The fourth-order valence-corrected chi connectivity index (χ4v) is 4.55. The van der Waals surface area contributed by atoms with Crippen LogP contribution >= 0.6 is 0 Å². The van der Waals surface area contributed by atoms with Gasteiger partial charge in [-0.25, -0.2) is 9.59 Å². The van der Waals surface area contributed by atoms with Crippen molar-refractivity contribution in [3.05, 3.63) is 101 Å². The quantitative estimate of drug-likeness (QED) is 0.309. The van der Waals surface area contributed by atoms with E-state index in [1.807, 2.05) is 54.6 Å². The van der Waals surface area contributed by atoms with Gasteiger partial charge in [0, 0.05) is 29.6 Å². The molecule has 1 aromatic heterocycles. The zero-order valence-corrected chi connectivity index (χ0v) is 18.5. The molecule has 6 heteroatoms. The Morgan fingerprint density at radius 2 is 1.71 bits per heavy atom. The van der Waals surface area contributed by atoms with Crippen LogP contribution in [0.15, 0.2) is 79.0 Å². The molecule has 0 radical (unpaired) electrons. The average molecular weight is 453 g/mol. The van der Waals surface area contributed by atoms with Crippen LogP contribution in [0.4, 0.5) is 4.79 Å². The number of hydrogen-bond donors (Lipinski definition) is 3. The first-order valence-corrected chi connectivity index (χ1v) is 11.2. The number of ether oxygens (including phenoxy) is 1. The van der Waals surface area contributed by atoms with E-state index in [1.165, 1.54) is 28.5 Å². The van der Waals surface area contributed by atoms with Gasteiger partial charge in [-0.05, 0) is 46.4 Å². The summed E-state index contributed by atoms with van der Waals surface area (Å²) in [7, 11) is 0. The van der Waals surface area contributed by atoms with E-state index in [2.05, 4.69) is 34.6 Å². The van der Waals surface area contributed by atoms with Crippen molar-refractivity contribution in [2.45, 2.75) is 12.3 Å². The van der Waals surface area contributed by atoms with E-state index in [1.54, 1.807) is 0 Å². The Morgan fingerprint density at radius 1 is 1.00 bits per heavy atom. The number of fused-ring (bicyclic) bond motifs is 4. The average Bonchev–Trinajstić information content (AvgIpc) is 3.42. The lowest BCUT2D eigenvalue weighted by Crippen LogP contribution is -2.26. The Balaban J connectivity index is 1.13. The molecule has 0 fully saturated rings. The number of carbonyl (C=O) groups is 2. The van der Waals surface area contributed by atoms with Crippen LogP contribution in [0, 0.1) is 0 Å². The maximum atomic E-state index is 12.3. The number of carboxylic acid groups (broad SMARTS) is 1. The van der Waals surface area contributed by atoms with Crippen molar-refractivity contribution < 1.29 is 19.4 Å². The molecule has 5 rings (SSSR count). The van der Waals surface area contributed by atoms with Crippen LogP contribution in [0.25, 0.3) is 28.1 Å². The van der Waals surface area contributed by atoms with Gasteiger partial charge in [0.2, 0.25) is 0 Å². The van der Waals surface area contributed by atoms with Crippen molar-refractivity contribution in [2.24, 2.45) is 0 Å². The Bertz CT molecular complexity index is 1360. The lowest BCUT2D eigenvalue weighted by molar-refractivity contribution is 0.0699. The van der Waals surface area contributed by atoms with Crippen molar-refractivity contribution in [2.75, 3.05) is 13.2 Å². The van der Waals surface area contributed by atoms with Crippen molar-refractivity contribution in [1.82, 2.24) is 10.3 Å². The van der Waals surface area contributed by atoms with Crippen molar-refractivity contribution in [3.8, 4) is 11.1 Å². The number of alkyl carbamates (subject to hydrolysis) is 1. The largest absolute Gasteiger partial charge is 0.478 e. The molecule has 0 bridgehead atoms. The van der Waals surface area contributed by atoms with Crippen LogP contribution in [0.3, 0.4) is 0 Å². The van der Waals surface area contributed by atoms with Crippen LogP contribution in [-0.2, 0) is 4.74 Å². The van der Waals surface area contributed by atoms with E-state index in [-0.39, 0.29) is 18.1 Å². The summed E-state index contributed by atoms with van der Waals surface area (Å²) in [6.07, 6.45) is 5.55.